The number of alkyl carbamates (subject to hydrolysis) is 1. The number of ether oxygens (including phenoxy) is 1. The molecule has 0 radical (unpaired) electrons. The summed E-state index contributed by atoms with van der Waals surface area (Å²) in [7, 11) is 0. The van der Waals surface area contributed by atoms with Gasteiger partial charge in [-0.2, -0.15) is 9.67 Å². The van der Waals surface area contributed by atoms with Crippen LogP contribution < -0.4 is 10.6 Å². The first-order valence-electron chi connectivity index (χ1n) is 8.06. The van der Waals surface area contributed by atoms with E-state index in [0.717, 1.165) is 16.8 Å². The summed E-state index contributed by atoms with van der Waals surface area (Å²) in [6.45, 7) is 4.28. The smallest absolute Gasteiger partial charge is 0.408 e. The maximum Gasteiger partial charge on any atom is 0.408 e. The molecule has 0 unspecified atom stereocenters. The molecule has 0 spiro atoms. The largest absolute Gasteiger partial charge is 0.436 e. The fraction of sp³-hybridized carbons (Fsp3) is 0.235. The van der Waals surface area contributed by atoms with E-state index in [1.165, 1.54) is 4.68 Å². The van der Waals surface area contributed by atoms with Gasteiger partial charge in [-0.05, 0) is 37.1 Å². The van der Waals surface area contributed by atoms with Crippen molar-refractivity contribution < 1.29 is 9.53 Å². The number of rotatable bonds is 4. The summed E-state index contributed by atoms with van der Waals surface area (Å²) in [5, 5.41) is 10.2. The number of benzene rings is 1. The van der Waals surface area contributed by atoms with Crippen LogP contribution in [0.1, 0.15) is 18.1 Å². The van der Waals surface area contributed by atoms with E-state index in [0.29, 0.717) is 18.3 Å². The molecule has 0 saturated carbocycles. The number of amides is 1. The Morgan fingerprint density at radius 3 is 2.88 bits per heavy atom. The minimum atomic E-state index is -0.702. The molecule has 1 fully saturated rings. The van der Waals surface area contributed by atoms with Crippen LogP contribution in [0.2, 0.25) is 0 Å². The number of aromatic nitrogens is 5. The molecule has 9 nitrogen and oxygen atoms in total. The Labute approximate surface area is 149 Å². The molecule has 0 aliphatic carbocycles. The Kier molecular flexibility index (Phi) is 3.76. The first-order chi connectivity index (χ1) is 12.5. The van der Waals surface area contributed by atoms with E-state index in [-0.39, 0.29) is 0 Å². The fourth-order valence-electron chi connectivity index (χ4n) is 2.81. The summed E-state index contributed by atoms with van der Waals surface area (Å²) < 4.78 is 6.97. The Balaban J connectivity index is 1.59. The number of cyclic esters (lactones) is 1. The lowest BCUT2D eigenvalue weighted by molar-refractivity contribution is 0.0704. The number of hydrogen-bond donors (Lipinski definition) is 2. The number of hydrogen-bond acceptors (Lipinski definition) is 7. The van der Waals surface area contributed by atoms with Gasteiger partial charge in [0.1, 0.15) is 6.33 Å². The monoisotopic (exact) mass is 351 g/mol. The highest BCUT2D eigenvalue weighted by molar-refractivity contribution is 5.71. The molecule has 1 atom stereocenters. The molecular formula is C17H17N7O2. The number of nitrogens with zero attached hydrogens (tertiary/aromatic N) is 5. The molecule has 132 valence electrons. The van der Waals surface area contributed by atoms with Gasteiger partial charge in [-0.15, -0.1) is 5.10 Å². The van der Waals surface area contributed by atoms with Crippen molar-refractivity contribution >= 4 is 17.7 Å². The van der Waals surface area contributed by atoms with Gasteiger partial charge in [0.15, 0.2) is 11.4 Å². The lowest BCUT2D eigenvalue weighted by Crippen LogP contribution is -2.26. The van der Waals surface area contributed by atoms with Crippen LogP contribution in [0.25, 0.3) is 5.82 Å². The highest BCUT2D eigenvalue weighted by atomic mass is 16.6. The summed E-state index contributed by atoms with van der Waals surface area (Å²) >= 11 is 0. The van der Waals surface area contributed by atoms with Gasteiger partial charge in [-0.1, -0.05) is 6.07 Å². The number of aryl methyl sites for hydroxylation is 1. The molecule has 2 N–H and O–H groups in total. The second-order valence-corrected chi connectivity index (χ2v) is 6.26. The van der Waals surface area contributed by atoms with Gasteiger partial charge < -0.3 is 15.4 Å². The molecule has 26 heavy (non-hydrogen) atoms. The van der Waals surface area contributed by atoms with E-state index in [2.05, 4.69) is 30.7 Å². The summed E-state index contributed by atoms with van der Waals surface area (Å²) in [6.07, 6.45) is 5.94. The molecule has 1 aliphatic rings. The van der Waals surface area contributed by atoms with Crippen molar-refractivity contribution in [3.63, 3.8) is 0 Å². The van der Waals surface area contributed by atoms with E-state index >= 15 is 0 Å². The standard InChI is InChI=1S/C17H17N7O2/c1-11-5-12(17(2)9-20-16(25)26-17)7-13(6-11)22-15-21-10-24(23-15)14-8-18-3-4-19-14/h3-8,10H,9H2,1-2H3,(H,20,25)(H,22,23)/t17-/m0/s1. The molecule has 3 aromatic rings. The Morgan fingerprint density at radius 1 is 1.27 bits per heavy atom. The van der Waals surface area contributed by atoms with Crippen molar-refractivity contribution in [2.24, 2.45) is 0 Å². The zero-order valence-electron chi connectivity index (χ0n) is 14.3. The second-order valence-electron chi connectivity index (χ2n) is 6.26. The zero-order valence-corrected chi connectivity index (χ0v) is 14.3. The van der Waals surface area contributed by atoms with Crippen molar-refractivity contribution in [1.29, 1.82) is 0 Å². The van der Waals surface area contributed by atoms with Crippen molar-refractivity contribution in [2.45, 2.75) is 19.4 Å². The van der Waals surface area contributed by atoms with E-state index in [1.54, 1.807) is 24.9 Å². The Morgan fingerprint density at radius 2 is 2.15 bits per heavy atom. The van der Waals surface area contributed by atoms with Gasteiger partial charge in [0.2, 0.25) is 5.95 Å². The van der Waals surface area contributed by atoms with Crippen LogP contribution in [0.3, 0.4) is 0 Å². The van der Waals surface area contributed by atoms with Gasteiger partial charge in [0, 0.05) is 18.1 Å². The predicted octanol–water partition coefficient (Wildman–Crippen LogP) is 2.06. The van der Waals surface area contributed by atoms with Gasteiger partial charge in [-0.25, -0.2) is 9.78 Å². The minimum absolute atomic E-state index is 0.409. The Hall–Kier alpha value is -3.49. The summed E-state index contributed by atoms with van der Waals surface area (Å²) in [5.41, 5.74) is 2.03. The van der Waals surface area contributed by atoms with Gasteiger partial charge in [0.05, 0.1) is 12.7 Å². The molecule has 0 bridgehead atoms. The number of anilines is 2. The molecule has 9 heteroatoms. The van der Waals surface area contributed by atoms with Crippen LogP contribution in [0, 0.1) is 6.92 Å². The summed E-state index contributed by atoms with van der Waals surface area (Å²) in [4.78, 5) is 23.9. The van der Waals surface area contributed by atoms with Gasteiger partial charge in [0.25, 0.3) is 0 Å². The SMILES string of the molecule is Cc1cc(Nc2ncn(-c3cnccn3)n2)cc([C@]2(C)CNC(=O)O2)c1. The van der Waals surface area contributed by atoms with Gasteiger partial charge >= 0.3 is 6.09 Å². The number of nitrogens with one attached hydrogen (secondary N) is 2. The average Bonchev–Trinajstić information content (AvgIpc) is 3.22. The maximum absolute atomic E-state index is 11.4. The van der Waals surface area contributed by atoms with Crippen LogP contribution in [-0.2, 0) is 10.3 Å². The quantitative estimate of drug-likeness (QED) is 0.741. The lowest BCUT2D eigenvalue weighted by atomic mass is 9.94. The van der Waals surface area contributed by atoms with E-state index < -0.39 is 11.7 Å². The highest BCUT2D eigenvalue weighted by Gasteiger charge is 2.37. The summed E-state index contributed by atoms with van der Waals surface area (Å²) in [6, 6.07) is 5.90. The number of carbonyl (C=O) groups is 1. The van der Waals surface area contributed by atoms with Crippen molar-refractivity contribution in [1.82, 2.24) is 30.0 Å². The maximum atomic E-state index is 11.4. The fourth-order valence-corrected chi connectivity index (χ4v) is 2.81. The van der Waals surface area contributed by atoms with E-state index in [9.17, 15) is 4.79 Å². The average molecular weight is 351 g/mol. The molecule has 4 rings (SSSR count). The normalized spacial score (nSPS) is 19.1. The summed E-state index contributed by atoms with van der Waals surface area (Å²) in [5.74, 6) is 1.01. The lowest BCUT2D eigenvalue weighted by Gasteiger charge is -2.22. The molecular weight excluding hydrogens is 334 g/mol. The van der Waals surface area contributed by atoms with Crippen LogP contribution in [0.5, 0.6) is 0 Å². The third kappa shape index (κ3) is 3.06. The topological polar surface area (TPSA) is 107 Å². The molecule has 2 aromatic heterocycles. The van der Waals surface area contributed by atoms with Crippen molar-refractivity contribution in [3.05, 3.63) is 54.2 Å². The highest BCUT2D eigenvalue weighted by Crippen LogP contribution is 2.31. The Bertz CT molecular complexity index is 957. The molecule has 1 aliphatic heterocycles. The van der Waals surface area contributed by atoms with Crippen LogP contribution in [0.4, 0.5) is 16.4 Å². The van der Waals surface area contributed by atoms with E-state index in [4.69, 9.17) is 4.74 Å². The van der Waals surface area contributed by atoms with Crippen molar-refractivity contribution in [3.8, 4) is 5.82 Å². The minimum Gasteiger partial charge on any atom is -0.436 e. The zero-order chi connectivity index (χ0) is 18.1. The third-order valence-electron chi connectivity index (χ3n) is 4.11. The van der Waals surface area contributed by atoms with Crippen LogP contribution in [0.15, 0.2) is 43.1 Å². The molecule has 3 heterocycles. The molecule has 1 saturated heterocycles. The van der Waals surface area contributed by atoms with Gasteiger partial charge in [-0.3, -0.25) is 4.98 Å². The predicted molar refractivity (Wildman–Crippen MR) is 93.2 cm³/mol. The third-order valence-corrected chi connectivity index (χ3v) is 4.11. The first-order valence-corrected chi connectivity index (χ1v) is 8.06. The molecule has 1 amide bonds. The van der Waals surface area contributed by atoms with E-state index in [1.807, 2.05) is 32.0 Å². The van der Waals surface area contributed by atoms with Crippen LogP contribution >= 0.6 is 0 Å². The van der Waals surface area contributed by atoms with Crippen LogP contribution in [-0.4, -0.2) is 37.4 Å². The second kappa shape index (κ2) is 6.10. The number of carbonyl (C=O) groups excluding carboxylic acids is 1. The molecule has 1 aromatic carbocycles. The first kappa shape index (κ1) is 16.0. The van der Waals surface area contributed by atoms with Crippen molar-refractivity contribution in [2.75, 3.05) is 11.9 Å².